The number of piperazine rings is 1. The number of imidazole rings is 1. The fourth-order valence-electron chi connectivity index (χ4n) is 4.06. The molecule has 0 saturated carbocycles. The lowest BCUT2D eigenvalue weighted by Gasteiger charge is -2.35. The highest BCUT2D eigenvalue weighted by Crippen LogP contribution is 2.25. The molecule has 1 saturated heterocycles. The van der Waals surface area contributed by atoms with E-state index in [0.29, 0.717) is 13.1 Å². The standard InChI is InChI=1S/C25H31N5O3/c1-19(20-4-6-22(7-5-20)30-11-10-26-18-30)27-25(31)29-14-12-28(13-15-29)17-21-16-23(32-2)8-9-24(21)33-3/h4-11,16,18-19H,12-15,17H2,1-3H3,(H,27,31). The minimum Gasteiger partial charge on any atom is -0.497 e. The molecule has 8 nitrogen and oxygen atoms in total. The molecule has 8 heteroatoms. The summed E-state index contributed by atoms with van der Waals surface area (Å²) in [5.41, 5.74) is 3.19. The van der Waals surface area contributed by atoms with Gasteiger partial charge in [-0.1, -0.05) is 12.1 Å². The summed E-state index contributed by atoms with van der Waals surface area (Å²) < 4.78 is 12.8. The average Bonchev–Trinajstić information content (AvgIpc) is 3.39. The quantitative estimate of drug-likeness (QED) is 0.598. The van der Waals surface area contributed by atoms with Gasteiger partial charge in [0.05, 0.1) is 26.6 Å². The predicted octanol–water partition coefficient (Wildman–Crippen LogP) is 3.48. The van der Waals surface area contributed by atoms with Crippen molar-refractivity contribution in [3.05, 3.63) is 72.3 Å². The Kier molecular flexibility index (Phi) is 7.14. The number of benzene rings is 2. The fraction of sp³-hybridized carbons (Fsp3) is 0.360. The Morgan fingerprint density at radius 2 is 1.82 bits per heavy atom. The zero-order chi connectivity index (χ0) is 23.2. The number of nitrogens with one attached hydrogen (secondary N) is 1. The van der Waals surface area contributed by atoms with Gasteiger partial charge in [-0.15, -0.1) is 0 Å². The van der Waals surface area contributed by atoms with E-state index in [1.165, 1.54) is 0 Å². The molecule has 1 aliphatic rings. The Balaban J connectivity index is 1.29. The Morgan fingerprint density at radius 3 is 2.45 bits per heavy atom. The van der Waals surface area contributed by atoms with Crippen LogP contribution in [0.5, 0.6) is 11.5 Å². The monoisotopic (exact) mass is 449 g/mol. The van der Waals surface area contributed by atoms with Crippen molar-refractivity contribution >= 4 is 6.03 Å². The lowest BCUT2D eigenvalue weighted by molar-refractivity contribution is 0.133. The van der Waals surface area contributed by atoms with E-state index in [1.54, 1.807) is 26.7 Å². The van der Waals surface area contributed by atoms with Gasteiger partial charge >= 0.3 is 6.03 Å². The summed E-state index contributed by atoms with van der Waals surface area (Å²) in [5.74, 6) is 1.67. The third-order valence-electron chi connectivity index (χ3n) is 6.08. The van der Waals surface area contributed by atoms with Crippen LogP contribution in [0.2, 0.25) is 0 Å². The van der Waals surface area contributed by atoms with Crippen LogP contribution < -0.4 is 14.8 Å². The number of urea groups is 1. The molecule has 1 N–H and O–H groups in total. The molecule has 0 aliphatic carbocycles. The SMILES string of the molecule is COc1ccc(OC)c(CN2CCN(C(=O)NC(C)c3ccc(-n4ccnc4)cc3)CC2)c1. The average molecular weight is 450 g/mol. The van der Waals surface area contributed by atoms with Crippen LogP contribution in [-0.4, -0.2) is 65.8 Å². The molecule has 174 valence electrons. The maximum atomic E-state index is 12.8. The van der Waals surface area contributed by atoms with Crippen molar-refractivity contribution < 1.29 is 14.3 Å². The molecule has 0 radical (unpaired) electrons. The molecule has 2 amide bonds. The van der Waals surface area contributed by atoms with E-state index in [9.17, 15) is 4.79 Å². The molecule has 1 fully saturated rings. The van der Waals surface area contributed by atoms with E-state index in [0.717, 1.165) is 47.9 Å². The van der Waals surface area contributed by atoms with E-state index >= 15 is 0 Å². The van der Waals surface area contributed by atoms with Crippen molar-refractivity contribution in [3.8, 4) is 17.2 Å². The van der Waals surface area contributed by atoms with Gasteiger partial charge in [-0.25, -0.2) is 9.78 Å². The smallest absolute Gasteiger partial charge is 0.317 e. The van der Waals surface area contributed by atoms with Crippen LogP contribution in [0.4, 0.5) is 4.79 Å². The Bertz CT molecular complexity index is 1040. The molecule has 1 aliphatic heterocycles. The predicted molar refractivity (Wildman–Crippen MR) is 127 cm³/mol. The molecule has 2 heterocycles. The van der Waals surface area contributed by atoms with E-state index in [4.69, 9.17) is 9.47 Å². The number of hydrogen-bond donors (Lipinski definition) is 1. The number of carbonyl (C=O) groups excluding carboxylic acids is 1. The van der Waals surface area contributed by atoms with Crippen molar-refractivity contribution in [3.63, 3.8) is 0 Å². The van der Waals surface area contributed by atoms with Crippen LogP contribution in [0.3, 0.4) is 0 Å². The highest BCUT2D eigenvalue weighted by molar-refractivity contribution is 5.74. The maximum Gasteiger partial charge on any atom is 0.317 e. The minimum atomic E-state index is -0.0755. The number of amides is 2. The number of ether oxygens (including phenoxy) is 2. The summed E-state index contributed by atoms with van der Waals surface area (Å²) >= 11 is 0. The summed E-state index contributed by atoms with van der Waals surface area (Å²) in [5, 5.41) is 3.13. The highest BCUT2D eigenvalue weighted by Gasteiger charge is 2.23. The highest BCUT2D eigenvalue weighted by atomic mass is 16.5. The summed E-state index contributed by atoms with van der Waals surface area (Å²) in [6.07, 6.45) is 5.43. The summed E-state index contributed by atoms with van der Waals surface area (Å²) in [6.45, 7) is 5.75. The number of hydrogen-bond acceptors (Lipinski definition) is 5. The number of nitrogens with zero attached hydrogens (tertiary/aromatic N) is 4. The molecule has 1 atom stereocenters. The maximum absolute atomic E-state index is 12.8. The van der Waals surface area contributed by atoms with E-state index < -0.39 is 0 Å². The Morgan fingerprint density at radius 1 is 1.06 bits per heavy atom. The molecular weight excluding hydrogens is 418 g/mol. The first-order chi connectivity index (χ1) is 16.1. The molecular formula is C25H31N5O3. The second-order valence-electron chi connectivity index (χ2n) is 8.17. The number of carbonyl (C=O) groups is 1. The zero-order valence-corrected chi connectivity index (χ0v) is 19.4. The molecule has 4 rings (SSSR count). The van der Waals surface area contributed by atoms with Crippen LogP contribution in [0, 0.1) is 0 Å². The van der Waals surface area contributed by atoms with Gasteiger partial charge in [0.25, 0.3) is 0 Å². The largest absolute Gasteiger partial charge is 0.497 e. The van der Waals surface area contributed by atoms with Gasteiger partial charge in [0.2, 0.25) is 0 Å². The van der Waals surface area contributed by atoms with Crippen molar-refractivity contribution in [1.82, 2.24) is 24.7 Å². The van der Waals surface area contributed by atoms with Crippen LogP contribution >= 0.6 is 0 Å². The Labute approximate surface area is 194 Å². The molecule has 2 aromatic carbocycles. The molecule has 1 unspecified atom stereocenters. The summed E-state index contributed by atoms with van der Waals surface area (Å²) in [7, 11) is 3.35. The van der Waals surface area contributed by atoms with Gasteiger partial charge in [0.1, 0.15) is 11.5 Å². The van der Waals surface area contributed by atoms with E-state index in [-0.39, 0.29) is 12.1 Å². The minimum absolute atomic E-state index is 0.0280. The zero-order valence-electron chi connectivity index (χ0n) is 19.4. The first-order valence-corrected chi connectivity index (χ1v) is 11.1. The topological polar surface area (TPSA) is 71.9 Å². The lowest BCUT2D eigenvalue weighted by Crippen LogP contribution is -2.51. The van der Waals surface area contributed by atoms with Gasteiger partial charge in [0, 0.05) is 56.4 Å². The van der Waals surface area contributed by atoms with Gasteiger partial charge in [-0.05, 0) is 42.8 Å². The summed E-state index contributed by atoms with van der Waals surface area (Å²) in [4.78, 5) is 21.1. The van der Waals surface area contributed by atoms with E-state index in [1.807, 2.05) is 65.1 Å². The molecule has 1 aromatic heterocycles. The summed E-state index contributed by atoms with van der Waals surface area (Å²) in [6, 6.07) is 13.9. The van der Waals surface area contributed by atoms with Gasteiger partial charge < -0.3 is 24.3 Å². The number of methoxy groups -OCH3 is 2. The first kappa shape index (κ1) is 22.7. The second-order valence-corrected chi connectivity index (χ2v) is 8.17. The van der Waals surface area contributed by atoms with Crippen molar-refractivity contribution in [2.24, 2.45) is 0 Å². The van der Waals surface area contributed by atoms with Crippen molar-refractivity contribution in [2.45, 2.75) is 19.5 Å². The van der Waals surface area contributed by atoms with Crippen LogP contribution in [0.15, 0.2) is 61.2 Å². The van der Waals surface area contributed by atoms with E-state index in [2.05, 4.69) is 15.2 Å². The Hall–Kier alpha value is -3.52. The third-order valence-corrected chi connectivity index (χ3v) is 6.08. The van der Waals surface area contributed by atoms with Crippen molar-refractivity contribution in [2.75, 3.05) is 40.4 Å². The van der Waals surface area contributed by atoms with Crippen LogP contribution in [-0.2, 0) is 6.54 Å². The van der Waals surface area contributed by atoms with Crippen molar-refractivity contribution in [1.29, 1.82) is 0 Å². The molecule has 0 spiro atoms. The molecule has 33 heavy (non-hydrogen) atoms. The third kappa shape index (κ3) is 5.46. The van der Waals surface area contributed by atoms with Gasteiger partial charge in [-0.2, -0.15) is 0 Å². The molecule has 0 bridgehead atoms. The number of rotatable bonds is 7. The van der Waals surface area contributed by atoms with Crippen LogP contribution in [0.1, 0.15) is 24.1 Å². The lowest BCUT2D eigenvalue weighted by atomic mass is 10.1. The van der Waals surface area contributed by atoms with Gasteiger partial charge in [0.15, 0.2) is 0 Å². The first-order valence-electron chi connectivity index (χ1n) is 11.1. The normalized spacial score (nSPS) is 15.2. The van der Waals surface area contributed by atoms with Gasteiger partial charge in [-0.3, -0.25) is 4.90 Å². The van der Waals surface area contributed by atoms with Crippen LogP contribution in [0.25, 0.3) is 5.69 Å². The second kappa shape index (κ2) is 10.4. The number of aromatic nitrogens is 2. The molecule has 3 aromatic rings. The fourth-order valence-corrected chi connectivity index (χ4v) is 4.06.